The third-order valence-electron chi connectivity index (χ3n) is 2.68. The zero-order chi connectivity index (χ0) is 12.8. The Morgan fingerprint density at radius 1 is 1.47 bits per heavy atom. The van der Waals surface area contributed by atoms with E-state index < -0.39 is 5.97 Å². The molecule has 0 radical (unpaired) electrons. The highest BCUT2D eigenvalue weighted by atomic mass is 19.1. The molecule has 0 aliphatic carbocycles. The summed E-state index contributed by atoms with van der Waals surface area (Å²) in [6, 6.07) is 2.82. The number of aliphatic carboxylic acids is 1. The highest BCUT2D eigenvalue weighted by Gasteiger charge is 2.10. The first-order chi connectivity index (χ1) is 8.08. The standard InChI is InChI=1S/C13H17FO3/c1-3-11-9(5-4-6-13(15)16)7-10(14)8-12(11)17-2/h7-8H,3-6H2,1-2H3,(H,15,16). The average Bonchev–Trinajstić information content (AvgIpc) is 2.27. The molecule has 1 N–H and O–H groups in total. The molecule has 1 rings (SSSR count). The first-order valence-electron chi connectivity index (χ1n) is 5.65. The number of aryl methyl sites for hydroxylation is 1. The van der Waals surface area contributed by atoms with Crippen molar-refractivity contribution in [2.45, 2.75) is 32.6 Å². The number of ether oxygens (including phenoxy) is 1. The number of rotatable bonds is 6. The molecule has 0 aromatic heterocycles. The number of carboxylic acids is 1. The molecule has 1 aromatic rings. The van der Waals surface area contributed by atoms with Crippen molar-refractivity contribution in [3.63, 3.8) is 0 Å². The maximum Gasteiger partial charge on any atom is 0.303 e. The molecule has 17 heavy (non-hydrogen) atoms. The van der Waals surface area contributed by atoms with Gasteiger partial charge in [-0.25, -0.2) is 4.39 Å². The minimum absolute atomic E-state index is 0.0992. The maximum atomic E-state index is 13.3. The average molecular weight is 240 g/mol. The topological polar surface area (TPSA) is 46.5 Å². The summed E-state index contributed by atoms with van der Waals surface area (Å²) >= 11 is 0. The summed E-state index contributed by atoms with van der Waals surface area (Å²) in [5.41, 5.74) is 1.80. The quantitative estimate of drug-likeness (QED) is 0.831. The van der Waals surface area contributed by atoms with E-state index in [2.05, 4.69) is 0 Å². The van der Waals surface area contributed by atoms with Gasteiger partial charge in [-0.15, -0.1) is 0 Å². The second-order valence-corrected chi connectivity index (χ2v) is 3.85. The minimum Gasteiger partial charge on any atom is -0.496 e. The predicted octanol–water partition coefficient (Wildman–Crippen LogP) is 2.80. The van der Waals surface area contributed by atoms with Crippen molar-refractivity contribution in [3.05, 3.63) is 29.1 Å². The number of hydrogen-bond donors (Lipinski definition) is 1. The van der Waals surface area contributed by atoms with Gasteiger partial charge in [-0.1, -0.05) is 6.92 Å². The molecule has 0 bridgehead atoms. The van der Waals surface area contributed by atoms with E-state index in [-0.39, 0.29) is 12.2 Å². The lowest BCUT2D eigenvalue weighted by Crippen LogP contribution is -2.01. The van der Waals surface area contributed by atoms with Crippen LogP contribution in [0, 0.1) is 5.82 Å². The molecule has 0 heterocycles. The Balaban J connectivity index is 2.88. The normalized spacial score (nSPS) is 10.3. The Morgan fingerprint density at radius 2 is 2.18 bits per heavy atom. The fourth-order valence-electron chi connectivity index (χ4n) is 1.90. The van der Waals surface area contributed by atoms with Gasteiger partial charge in [0.2, 0.25) is 0 Å². The van der Waals surface area contributed by atoms with Gasteiger partial charge in [0.1, 0.15) is 11.6 Å². The van der Waals surface area contributed by atoms with Crippen LogP contribution in [0.25, 0.3) is 0 Å². The minimum atomic E-state index is -0.827. The summed E-state index contributed by atoms with van der Waals surface area (Å²) in [6.07, 6.45) is 1.91. The van der Waals surface area contributed by atoms with Crippen LogP contribution < -0.4 is 4.74 Å². The third-order valence-corrected chi connectivity index (χ3v) is 2.68. The van der Waals surface area contributed by atoms with Gasteiger partial charge in [0, 0.05) is 12.5 Å². The van der Waals surface area contributed by atoms with E-state index >= 15 is 0 Å². The van der Waals surface area contributed by atoms with Crippen molar-refractivity contribution < 1.29 is 19.0 Å². The Morgan fingerprint density at radius 3 is 2.71 bits per heavy atom. The van der Waals surface area contributed by atoms with Crippen molar-refractivity contribution in [1.29, 1.82) is 0 Å². The van der Waals surface area contributed by atoms with E-state index in [0.717, 1.165) is 17.5 Å². The lowest BCUT2D eigenvalue weighted by Gasteiger charge is -2.12. The van der Waals surface area contributed by atoms with E-state index in [9.17, 15) is 9.18 Å². The monoisotopic (exact) mass is 240 g/mol. The molecule has 4 heteroatoms. The predicted molar refractivity (Wildman–Crippen MR) is 62.9 cm³/mol. The number of hydrogen-bond acceptors (Lipinski definition) is 2. The highest BCUT2D eigenvalue weighted by Crippen LogP contribution is 2.26. The van der Waals surface area contributed by atoms with Gasteiger partial charge in [-0.05, 0) is 36.5 Å². The molecular formula is C13H17FO3. The molecule has 0 spiro atoms. The molecule has 0 unspecified atom stereocenters. The second-order valence-electron chi connectivity index (χ2n) is 3.85. The molecule has 0 atom stereocenters. The smallest absolute Gasteiger partial charge is 0.303 e. The number of carboxylic acid groups (broad SMARTS) is 1. The summed E-state index contributed by atoms with van der Waals surface area (Å²) in [6.45, 7) is 1.97. The van der Waals surface area contributed by atoms with Crippen molar-refractivity contribution in [2.24, 2.45) is 0 Å². The number of benzene rings is 1. The van der Waals surface area contributed by atoms with Crippen LogP contribution in [0.2, 0.25) is 0 Å². The second kappa shape index (κ2) is 6.23. The van der Waals surface area contributed by atoms with Gasteiger partial charge in [0.15, 0.2) is 0 Å². The first-order valence-corrected chi connectivity index (χ1v) is 5.65. The summed E-state index contributed by atoms with van der Waals surface area (Å²) in [4.78, 5) is 10.4. The van der Waals surface area contributed by atoms with Crippen LogP contribution in [0.1, 0.15) is 30.9 Å². The third kappa shape index (κ3) is 3.73. The van der Waals surface area contributed by atoms with E-state index in [4.69, 9.17) is 9.84 Å². The number of carbonyl (C=O) groups is 1. The Labute approximate surface area is 100 Å². The van der Waals surface area contributed by atoms with Crippen molar-refractivity contribution >= 4 is 5.97 Å². The lowest BCUT2D eigenvalue weighted by atomic mass is 9.99. The van der Waals surface area contributed by atoms with Crippen molar-refractivity contribution in [2.75, 3.05) is 7.11 Å². The summed E-state index contributed by atoms with van der Waals surface area (Å²) < 4.78 is 18.4. The van der Waals surface area contributed by atoms with Gasteiger partial charge < -0.3 is 9.84 Å². The summed E-state index contributed by atoms with van der Waals surface area (Å²) in [7, 11) is 1.51. The SMILES string of the molecule is CCc1c(CCCC(=O)O)cc(F)cc1OC. The van der Waals surface area contributed by atoms with Crippen LogP contribution in [0.5, 0.6) is 5.75 Å². The first kappa shape index (κ1) is 13.5. The Hall–Kier alpha value is -1.58. The van der Waals surface area contributed by atoms with Crippen molar-refractivity contribution in [1.82, 2.24) is 0 Å². The highest BCUT2D eigenvalue weighted by molar-refractivity contribution is 5.66. The molecule has 0 aliphatic heterocycles. The van der Waals surface area contributed by atoms with E-state index in [1.165, 1.54) is 19.2 Å². The molecule has 0 saturated heterocycles. The molecular weight excluding hydrogens is 223 g/mol. The molecule has 0 aliphatic rings. The fraction of sp³-hybridized carbons (Fsp3) is 0.462. The number of halogens is 1. The lowest BCUT2D eigenvalue weighted by molar-refractivity contribution is -0.137. The largest absolute Gasteiger partial charge is 0.496 e. The van der Waals surface area contributed by atoms with Gasteiger partial charge >= 0.3 is 5.97 Å². The van der Waals surface area contributed by atoms with Crippen molar-refractivity contribution in [3.8, 4) is 5.75 Å². The van der Waals surface area contributed by atoms with Crippen LogP contribution in [-0.2, 0) is 17.6 Å². The zero-order valence-electron chi connectivity index (χ0n) is 10.1. The molecule has 94 valence electrons. The fourth-order valence-corrected chi connectivity index (χ4v) is 1.90. The molecule has 0 amide bonds. The number of methoxy groups -OCH3 is 1. The van der Waals surface area contributed by atoms with Gasteiger partial charge in [0.25, 0.3) is 0 Å². The van der Waals surface area contributed by atoms with E-state index in [0.29, 0.717) is 18.6 Å². The van der Waals surface area contributed by atoms with Gasteiger partial charge in [-0.2, -0.15) is 0 Å². The molecule has 1 aromatic carbocycles. The van der Waals surface area contributed by atoms with E-state index in [1.807, 2.05) is 6.92 Å². The van der Waals surface area contributed by atoms with Crippen LogP contribution in [0.3, 0.4) is 0 Å². The Kier molecular flexibility index (Phi) is 4.94. The maximum absolute atomic E-state index is 13.3. The summed E-state index contributed by atoms with van der Waals surface area (Å²) in [5.74, 6) is -0.631. The molecule has 3 nitrogen and oxygen atoms in total. The van der Waals surface area contributed by atoms with Crippen LogP contribution in [0.15, 0.2) is 12.1 Å². The zero-order valence-corrected chi connectivity index (χ0v) is 10.1. The molecule has 0 fully saturated rings. The van der Waals surface area contributed by atoms with Crippen LogP contribution in [-0.4, -0.2) is 18.2 Å². The van der Waals surface area contributed by atoms with Crippen LogP contribution >= 0.6 is 0 Å². The van der Waals surface area contributed by atoms with Crippen LogP contribution in [0.4, 0.5) is 4.39 Å². The summed E-state index contributed by atoms with van der Waals surface area (Å²) in [5, 5.41) is 8.57. The molecule has 0 saturated carbocycles. The Bertz CT molecular complexity index is 402. The van der Waals surface area contributed by atoms with E-state index in [1.54, 1.807) is 0 Å². The van der Waals surface area contributed by atoms with Gasteiger partial charge in [0.05, 0.1) is 7.11 Å². The van der Waals surface area contributed by atoms with Gasteiger partial charge in [-0.3, -0.25) is 4.79 Å².